The second-order valence-corrected chi connectivity index (χ2v) is 4.13. The Morgan fingerprint density at radius 3 is 2.83 bits per heavy atom. The molecule has 1 heterocycles. The van der Waals surface area contributed by atoms with Crippen LogP contribution in [0.5, 0.6) is 0 Å². The van der Waals surface area contributed by atoms with Gasteiger partial charge in [0.25, 0.3) is 0 Å². The lowest BCUT2D eigenvalue weighted by Gasteiger charge is -1.99. The van der Waals surface area contributed by atoms with Crippen LogP contribution in [0.25, 0.3) is 0 Å². The predicted molar refractivity (Wildman–Crippen MR) is 64.5 cm³/mol. The number of aromatic nitrogens is 1. The molecule has 0 aromatic carbocycles. The fourth-order valence-electron chi connectivity index (χ4n) is 0.706. The molecule has 0 amide bonds. The molecule has 0 saturated heterocycles. The Bertz CT molecular complexity index is 257. The van der Waals surface area contributed by atoms with Crippen LogP contribution < -0.4 is 0 Å². The Morgan fingerprint density at radius 1 is 1.67 bits per heavy atom. The van der Waals surface area contributed by atoms with Crippen molar-refractivity contribution < 1.29 is 0 Å². The Kier molecular flexibility index (Phi) is 6.45. The van der Waals surface area contributed by atoms with Crippen LogP contribution in [0.2, 0.25) is 5.15 Å². The maximum Gasteiger partial charge on any atom is 0.143 e. The van der Waals surface area contributed by atoms with Gasteiger partial charge in [0, 0.05) is 11.9 Å². The molecule has 1 aromatic heterocycles. The van der Waals surface area contributed by atoms with Crippen molar-refractivity contribution in [2.45, 2.75) is 5.75 Å². The molecule has 0 radical (unpaired) electrons. The molecule has 12 heavy (non-hydrogen) atoms. The van der Waals surface area contributed by atoms with Gasteiger partial charge in [0.1, 0.15) is 5.15 Å². The van der Waals surface area contributed by atoms with E-state index in [1.807, 2.05) is 6.07 Å². The Labute approximate surface area is 96.9 Å². The summed E-state index contributed by atoms with van der Waals surface area (Å²) < 4.78 is 0.866. The molecule has 0 atom stereocenters. The molecule has 5 heteroatoms. The van der Waals surface area contributed by atoms with Crippen LogP contribution in [0.1, 0.15) is 5.56 Å². The molecule has 0 unspecified atom stereocenters. The molecule has 0 bridgehead atoms. The first-order chi connectivity index (χ1) is 5.24. The monoisotopic (exact) mass is 285 g/mol. The maximum absolute atomic E-state index is 5.72. The van der Waals surface area contributed by atoms with Crippen molar-refractivity contribution in [3.63, 3.8) is 0 Å². The maximum atomic E-state index is 5.72. The third-order valence-electron chi connectivity index (χ3n) is 1.16. The van der Waals surface area contributed by atoms with Gasteiger partial charge >= 0.3 is 0 Å². The van der Waals surface area contributed by atoms with E-state index in [1.54, 1.807) is 18.0 Å². The van der Waals surface area contributed by atoms with Gasteiger partial charge in [-0.15, -0.1) is 0 Å². The van der Waals surface area contributed by atoms with Gasteiger partial charge < -0.3 is 0 Å². The van der Waals surface area contributed by atoms with Gasteiger partial charge in [0.15, 0.2) is 0 Å². The largest absolute Gasteiger partial charge is 0.243 e. The topological polar surface area (TPSA) is 12.9 Å². The first-order valence-electron chi connectivity index (χ1n) is 3.03. The minimum atomic E-state index is 0. The number of thioether (sulfide) groups is 1. The van der Waals surface area contributed by atoms with E-state index in [0.717, 1.165) is 10.2 Å². The first kappa shape index (κ1) is 12.6. The fourth-order valence-corrected chi connectivity index (χ4v) is 1.70. The van der Waals surface area contributed by atoms with Crippen molar-refractivity contribution in [1.82, 2.24) is 4.98 Å². The molecule has 0 saturated carbocycles. The second-order valence-electron chi connectivity index (χ2n) is 2.05. The lowest BCUT2D eigenvalue weighted by Crippen LogP contribution is -1.83. The predicted octanol–water partition coefficient (Wildman–Crippen LogP) is 3.47. The summed E-state index contributed by atoms with van der Waals surface area (Å²) in [6.45, 7) is 0. The van der Waals surface area contributed by atoms with E-state index in [1.165, 1.54) is 5.56 Å². The molecule has 1 rings (SSSR count). The summed E-state index contributed by atoms with van der Waals surface area (Å²) in [7, 11) is 0. The van der Waals surface area contributed by atoms with Crippen molar-refractivity contribution in [2.75, 3.05) is 6.26 Å². The lowest BCUT2D eigenvalue weighted by atomic mass is 10.3. The highest BCUT2D eigenvalue weighted by molar-refractivity contribution is 9.10. The van der Waals surface area contributed by atoms with Gasteiger partial charge in [-0.1, -0.05) is 11.6 Å². The number of pyridine rings is 1. The highest BCUT2D eigenvalue weighted by Gasteiger charge is 1.98. The van der Waals surface area contributed by atoms with Gasteiger partial charge in [-0.2, -0.15) is 25.3 Å². The lowest BCUT2D eigenvalue weighted by molar-refractivity contribution is 1.24. The van der Waals surface area contributed by atoms with Crippen LogP contribution in [0.15, 0.2) is 16.7 Å². The van der Waals surface area contributed by atoms with E-state index in [0.29, 0.717) is 5.15 Å². The minimum Gasteiger partial charge on any atom is -0.243 e. The van der Waals surface area contributed by atoms with Crippen LogP contribution in [0.3, 0.4) is 0 Å². The summed E-state index contributed by atoms with van der Waals surface area (Å²) in [4.78, 5) is 4.00. The second kappa shape index (κ2) is 6.13. The van der Waals surface area contributed by atoms with Gasteiger partial charge in [-0.25, -0.2) is 4.98 Å². The smallest absolute Gasteiger partial charge is 0.143 e. The zero-order valence-corrected chi connectivity index (χ0v) is 10.6. The number of hydrogen-bond acceptors (Lipinski definition) is 2. The molecule has 1 nitrogen and oxygen atoms in total. The number of rotatable bonds is 2. The van der Waals surface area contributed by atoms with Crippen LogP contribution in [-0.2, 0) is 5.75 Å². The van der Waals surface area contributed by atoms with Crippen LogP contribution in [0, 0.1) is 0 Å². The van der Waals surface area contributed by atoms with Gasteiger partial charge in [0.2, 0.25) is 0 Å². The normalized spacial score (nSPS) is 9.25. The standard InChI is InChI=1S/C7H7BrClNS.H2S/c1-11-4-5-2-6(8)7(9)10-3-5;/h2-3H,4H2,1H3;1H2. The molecule has 68 valence electrons. The zero-order chi connectivity index (χ0) is 8.27. The summed E-state index contributed by atoms with van der Waals surface area (Å²) in [5, 5.41) is 0.523. The quantitative estimate of drug-likeness (QED) is 0.772. The molecular formula is C7H9BrClNS2. The molecule has 0 aliphatic rings. The molecular weight excluding hydrogens is 278 g/mol. The molecule has 0 fully saturated rings. The van der Waals surface area contributed by atoms with Crippen LogP contribution >= 0.6 is 52.8 Å². The first-order valence-corrected chi connectivity index (χ1v) is 5.59. The van der Waals surface area contributed by atoms with Crippen molar-refractivity contribution in [3.8, 4) is 0 Å². The third kappa shape index (κ3) is 3.56. The Balaban J connectivity index is 0.00000121. The zero-order valence-electron chi connectivity index (χ0n) is 6.47. The van der Waals surface area contributed by atoms with E-state index in [-0.39, 0.29) is 13.5 Å². The third-order valence-corrected chi connectivity index (χ3v) is 2.92. The minimum absolute atomic E-state index is 0. The highest BCUT2D eigenvalue weighted by Crippen LogP contribution is 2.21. The SMILES string of the molecule is CSCc1cnc(Cl)c(Br)c1.S. The fraction of sp³-hybridized carbons (Fsp3) is 0.286. The molecule has 1 aromatic rings. The van der Waals surface area contributed by atoms with Gasteiger partial charge in [-0.3, -0.25) is 0 Å². The van der Waals surface area contributed by atoms with E-state index >= 15 is 0 Å². The Hall–Kier alpha value is 0.620. The molecule has 0 spiro atoms. The Morgan fingerprint density at radius 2 is 2.33 bits per heavy atom. The summed E-state index contributed by atoms with van der Waals surface area (Å²) in [5.41, 5.74) is 1.19. The van der Waals surface area contributed by atoms with Gasteiger partial charge in [0.05, 0.1) is 4.47 Å². The van der Waals surface area contributed by atoms with Gasteiger partial charge in [-0.05, 0) is 33.8 Å². The van der Waals surface area contributed by atoms with E-state index in [9.17, 15) is 0 Å². The van der Waals surface area contributed by atoms with E-state index in [2.05, 4.69) is 27.2 Å². The summed E-state index contributed by atoms with van der Waals surface area (Å²) >= 11 is 10.8. The number of nitrogens with zero attached hydrogens (tertiary/aromatic N) is 1. The van der Waals surface area contributed by atoms with Crippen LogP contribution in [-0.4, -0.2) is 11.2 Å². The van der Waals surface area contributed by atoms with E-state index in [4.69, 9.17) is 11.6 Å². The number of halogens is 2. The molecule has 0 N–H and O–H groups in total. The van der Waals surface area contributed by atoms with E-state index < -0.39 is 0 Å². The number of hydrogen-bond donors (Lipinski definition) is 0. The van der Waals surface area contributed by atoms with Crippen molar-refractivity contribution >= 4 is 52.8 Å². The average Bonchev–Trinajstić information content (AvgIpc) is 1.98. The average molecular weight is 287 g/mol. The summed E-state index contributed by atoms with van der Waals surface area (Å²) in [5.74, 6) is 0.975. The van der Waals surface area contributed by atoms with Crippen molar-refractivity contribution in [2.24, 2.45) is 0 Å². The van der Waals surface area contributed by atoms with Crippen molar-refractivity contribution in [1.29, 1.82) is 0 Å². The molecule has 0 aliphatic heterocycles. The van der Waals surface area contributed by atoms with Crippen LogP contribution in [0.4, 0.5) is 0 Å². The molecule has 0 aliphatic carbocycles. The van der Waals surface area contributed by atoms with Crippen molar-refractivity contribution in [3.05, 3.63) is 27.5 Å². The summed E-state index contributed by atoms with van der Waals surface area (Å²) in [6.07, 6.45) is 3.85. The summed E-state index contributed by atoms with van der Waals surface area (Å²) in [6, 6.07) is 1.99. The highest BCUT2D eigenvalue weighted by atomic mass is 79.9.